The van der Waals surface area contributed by atoms with Crippen molar-refractivity contribution < 1.29 is 22.7 Å². The smallest absolute Gasteiger partial charge is 0.277 e. The standard InChI is InChI=1S/C19H24N4O5S/c1-13-18(14(2)23(22-13)15-8-9-29(25,26)12-15)10-20-21-19(24)11-28-17-6-4-16(27-3)5-7-17/h4-7,10,15H,8-9,11-12H2,1-3H3,(H,21,24)/b20-10-/t15-/m1/s1. The third kappa shape index (κ3) is 5.14. The van der Waals surface area contributed by atoms with Gasteiger partial charge >= 0.3 is 0 Å². The summed E-state index contributed by atoms with van der Waals surface area (Å²) in [7, 11) is -1.42. The van der Waals surface area contributed by atoms with Crippen molar-refractivity contribution in [2.24, 2.45) is 5.10 Å². The van der Waals surface area contributed by atoms with Crippen LogP contribution in [0.25, 0.3) is 0 Å². The molecule has 0 saturated carbocycles. The van der Waals surface area contributed by atoms with E-state index in [1.165, 1.54) is 6.21 Å². The van der Waals surface area contributed by atoms with Gasteiger partial charge in [-0.1, -0.05) is 0 Å². The number of sulfone groups is 1. The molecule has 1 aliphatic rings. The number of rotatable bonds is 7. The monoisotopic (exact) mass is 420 g/mol. The van der Waals surface area contributed by atoms with Gasteiger partial charge in [-0.2, -0.15) is 10.2 Å². The molecule has 1 amide bonds. The summed E-state index contributed by atoms with van der Waals surface area (Å²) in [6.07, 6.45) is 2.07. The first-order chi connectivity index (χ1) is 13.8. The highest BCUT2D eigenvalue weighted by Crippen LogP contribution is 2.26. The molecule has 1 saturated heterocycles. The minimum atomic E-state index is -3.00. The summed E-state index contributed by atoms with van der Waals surface area (Å²) in [5.41, 5.74) is 4.71. The van der Waals surface area contributed by atoms with Crippen LogP contribution in [-0.2, 0) is 14.6 Å². The summed E-state index contributed by atoms with van der Waals surface area (Å²) in [6.45, 7) is 3.50. The van der Waals surface area contributed by atoms with E-state index in [-0.39, 0.29) is 24.2 Å². The van der Waals surface area contributed by atoms with Crippen LogP contribution in [0, 0.1) is 13.8 Å². The maximum atomic E-state index is 11.9. The van der Waals surface area contributed by atoms with Crippen LogP contribution in [0.3, 0.4) is 0 Å². The lowest BCUT2D eigenvalue weighted by atomic mass is 10.2. The van der Waals surface area contributed by atoms with Gasteiger partial charge in [0.15, 0.2) is 16.4 Å². The van der Waals surface area contributed by atoms with Crippen molar-refractivity contribution in [3.63, 3.8) is 0 Å². The second-order valence-corrected chi connectivity index (χ2v) is 9.07. The Labute approximate surface area is 169 Å². The first-order valence-electron chi connectivity index (χ1n) is 9.14. The van der Waals surface area contributed by atoms with Gasteiger partial charge in [-0.15, -0.1) is 0 Å². The second kappa shape index (κ2) is 8.64. The van der Waals surface area contributed by atoms with E-state index in [1.54, 1.807) is 36.1 Å². The van der Waals surface area contributed by atoms with Gasteiger partial charge in [-0.3, -0.25) is 9.48 Å². The average Bonchev–Trinajstić information content (AvgIpc) is 3.19. The lowest BCUT2D eigenvalue weighted by molar-refractivity contribution is -0.123. The SMILES string of the molecule is COc1ccc(OCC(=O)N/N=C\c2c(C)nn([C@@H]3CCS(=O)(=O)C3)c2C)cc1. The van der Waals surface area contributed by atoms with E-state index in [1.807, 2.05) is 13.8 Å². The van der Waals surface area contributed by atoms with E-state index < -0.39 is 15.7 Å². The number of methoxy groups -OCH3 is 1. The van der Waals surface area contributed by atoms with Gasteiger partial charge in [-0.25, -0.2) is 13.8 Å². The molecule has 1 fully saturated rings. The fourth-order valence-corrected chi connectivity index (χ4v) is 4.90. The zero-order valence-corrected chi connectivity index (χ0v) is 17.4. The third-order valence-electron chi connectivity index (χ3n) is 4.75. The van der Waals surface area contributed by atoms with Crippen LogP contribution >= 0.6 is 0 Å². The molecule has 1 aromatic heterocycles. The van der Waals surface area contributed by atoms with Crippen molar-refractivity contribution in [3.8, 4) is 11.5 Å². The summed E-state index contributed by atoms with van der Waals surface area (Å²) in [5.74, 6) is 1.13. The number of ether oxygens (including phenoxy) is 2. The van der Waals surface area contributed by atoms with E-state index in [9.17, 15) is 13.2 Å². The van der Waals surface area contributed by atoms with Crippen molar-refractivity contribution in [1.82, 2.24) is 15.2 Å². The molecule has 1 aliphatic heterocycles. The van der Waals surface area contributed by atoms with E-state index in [2.05, 4.69) is 15.6 Å². The van der Waals surface area contributed by atoms with Crippen LogP contribution in [0.1, 0.15) is 29.4 Å². The second-order valence-electron chi connectivity index (χ2n) is 6.84. The largest absolute Gasteiger partial charge is 0.497 e. The molecule has 0 aliphatic carbocycles. The molecule has 2 aromatic rings. The molecule has 1 aromatic carbocycles. The Bertz CT molecular complexity index is 1010. The van der Waals surface area contributed by atoms with E-state index in [0.717, 1.165) is 17.0 Å². The molecule has 9 nitrogen and oxygen atoms in total. The normalized spacial score (nSPS) is 18.1. The number of aryl methyl sites for hydroxylation is 1. The lowest BCUT2D eigenvalue weighted by Crippen LogP contribution is -2.24. The number of nitrogens with zero attached hydrogens (tertiary/aromatic N) is 3. The molecule has 156 valence electrons. The molecule has 10 heteroatoms. The molecule has 0 unspecified atom stereocenters. The Kier molecular flexibility index (Phi) is 6.21. The minimum absolute atomic E-state index is 0.102. The van der Waals surface area contributed by atoms with Gasteiger partial charge in [0.25, 0.3) is 5.91 Å². The number of aromatic nitrogens is 2. The van der Waals surface area contributed by atoms with Gasteiger partial charge in [0, 0.05) is 11.3 Å². The summed E-state index contributed by atoms with van der Waals surface area (Å²) >= 11 is 0. The predicted molar refractivity (Wildman–Crippen MR) is 108 cm³/mol. The fraction of sp³-hybridized carbons (Fsp3) is 0.421. The first kappa shape index (κ1) is 20.8. The number of benzene rings is 1. The van der Waals surface area contributed by atoms with Gasteiger partial charge in [0.2, 0.25) is 0 Å². The Hall–Kier alpha value is -2.88. The Morgan fingerprint density at radius 2 is 2.00 bits per heavy atom. The quantitative estimate of drug-likeness (QED) is 0.535. The molecule has 1 N–H and O–H groups in total. The predicted octanol–water partition coefficient (Wildman–Crippen LogP) is 1.40. The van der Waals surface area contributed by atoms with Crippen molar-refractivity contribution >= 4 is 22.0 Å². The molecule has 0 spiro atoms. The summed E-state index contributed by atoms with van der Waals surface area (Å²) in [6, 6.07) is 6.74. The molecular formula is C19H24N4O5S. The van der Waals surface area contributed by atoms with Gasteiger partial charge in [0.05, 0.1) is 36.6 Å². The van der Waals surface area contributed by atoms with Crippen LogP contribution in [0.15, 0.2) is 29.4 Å². The number of nitrogens with one attached hydrogen (secondary N) is 1. The van der Waals surface area contributed by atoms with Crippen molar-refractivity contribution in [1.29, 1.82) is 0 Å². The first-order valence-corrected chi connectivity index (χ1v) is 11.0. The Morgan fingerprint density at radius 3 is 2.62 bits per heavy atom. The molecule has 0 radical (unpaired) electrons. The van der Waals surface area contributed by atoms with Crippen LogP contribution in [-0.4, -0.2) is 55.5 Å². The summed E-state index contributed by atoms with van der Waals surface area (Å²) in [5, 5.41) is 8.43. The highest BCUT2D eigenvalue weighted by Gasteiger charge is 2.31. The number of amides is 1. The van der Waals surface area contributed by atoms with Crippen molar-refractivity contribution in [2.45, 2.75) is 26.3 Å². The summed E-state index contributed by atoms with van der Waals surface area (Å²) < 4.78 is 35.7. The number of hydrogen-bond donors (Lipinski definition) is 1. The van der Waals surface area contributed by atoms with E-state index in [0.29, 0.717) is 17.9 Å². The number of carbonyl (C=O) groups excluding carboxylic acids is 1. The van der Waals surface area contributed by atoms with E-state index >= 15 is 0 Å². The number of hydrazone groups is 1. The van der Waals surface area contributed by atoms with Gasteiger partial charge < -0.3 is 9.47 Å². The lowest BCUT2D eigenvalue weighted by Gasteiger charge is -2.10. The molecule has 2 heterocycles. The Morgan fingerprint density at radius 1 is 1.31 bits per heavy atom. The van der Waals surface area contributed by atoms with Crippen LogP contribution < -0.4 is 14.9 Å². The molecule has 29 heavy (non-hydrogen) atoms. The minimum Gasteiger partial charge on any atom is -0.497 e. The number of hydrogen-bond acceptors (Lipinski definition) is 7. The van der Waals surface area contributed by atoms with Crippen LogP contribution in [0.2, 0.25) is 0 Å². The zero-order chi connectivity index (χ0) is 21.0. The van der Waals surface area contributed by atoms with Gasteiger partial charge in [0.1, 0.15) is 11.5 Å². The fourth-order valence-electron chi connectivity index (χ4n) is 3.21. The molecular weight excluding hydrogens is 396 g/mol. The van der Waals surface area contributed by atoms with Crippen molar-refractivity contribution in [2.75, 3.05) is 25.2 Å². The maximum absolute atomic E-state index is 11.9. The molecule has 0 bridgehead atoms. The third-order valence-corrected chi connectivity index (χ3v) is 6.50. The van der Waals surface area contributed by atoms with E-state index in [4.69, 9.17) is 9.47 Å². The van der Waals surface area contributed by atoms with Crippen LogP contribution in [0.4, 0.5) is 0 Å². The Balaban J connectivity index is 1.56. The van der Waals surface area contributed by atoms with Gasteiger partial charge in [-0.05, 0) is 44.5 Å². The van der Waals surface area contributed by atoms with Crippen LogP contribution in [0.5, 0.6) is 11.5 Å². The highest BCUT2D eigenvalue weighted by molar-refractivity contribution is 7.91. The van der Waals surface area contributed by atoms with Crippen molar-refractivity contribution in [3.05, 3.63) is 41.2 Å². The highest BCUT2D eigenvalue weighted by atomic mass is 32.2. The summed E-state index contributed by atoms with van der Waals surface area (Å²) in [4.78, 5) is 11.9. The average molecular weight is 420 g/mol. The molecule has 1 atom stereocenters. The topological polar surface area (TPSA) is 112 Å². The molecule has 3 rings (SSSR count). The number of carbonyl (C=O) groups is 1. The maximum Gasteiger partial charge on any atom is 0.277 e. The zero-order valence-electron chi connectivity index (χ0n) is 16.6.